The maximum absolute atomic E-state index is 12.6. The van der Waals surface area contributed by atoms with E-state index in [1.54, 1.807) is 17.5 Å². The summed E-state index contributed by atoms with van der Waals surface area (Å²) in [5.41, 5.74) is -0.889. The zero-order chi connectivity index (χ0) is 31.6. The van der Waals surface area contributed by atoms with Gasteiger partial charge in [-0.05, 0) is 29.1 Å². The molecule has 17 heteroatoms. The van der Waals surface area contributed by atoms with Gasteiger partial charge in [0.25, 0.3) is 0 Å². The molecule has 0 saturated carbocycles. The van der Waals surface area contributed by atoms with E-state index in [9.17, 15) is 42.5 Å². The molecule has 4 N–H and O–H groups in total. The van der Waals surface area contributed by atoms with E-state index in [0.717, 1.165) is 41.7 Å². The van der Waals surface area contributed by atoms with Crippen LogP contribution in [0.15, 0.2) is 58.8 Å². The number of carboxylic acid groups (broad SMARTS) is 3. The number of hydrogen-bond donors (Lipinski definition) is 4. The van der Waals surface area contributed by atoms with Crippen LogP contribution in [0.1, 0.15) is 44.0 Å². The van der Waals surface area contributed by atoms with Crippen LogP contribution >= 0.6 is 23.1 Å². The molecule has 4 rings (SSSR count). The molecule has 12 nitrogen and oxygen atoms in total. The first kappa shape index (κ1) is 33.6. The highest BCUT2D eigenvalue weighted by atomic mass is 32.2. The molecule has 2 aromatic carbocycles. The Labute approximate surface area is 242 Å². The summed E-state index contributed by atoms with van der Waals surface area (Å²) < 4.78 is 42.1. The van der Waals surface area contributed by atoms with E-state index >= 15 is 0 Å². The van der Waals surface area contributed by atoms with Crippen LogP contribution < -0.4 is 0 Å². The zero-order valence-electron chi connectivity index (χ0n) is 20.9. The van der Waals surface area contributed by atoms with Gasteiger partial charge in [0.05, 0.1) is 16.1 Å². The number of aliphatic carboxylic acids is 1. The number of nitrogens with zero attached hydrogens (tertiary/aromatic N) is 1. The molecular weight excluding hydrogens is 611 g/mol. The SMILES string of the molecule is O=C(O)c1ccc([N+](=O)[O-])c(O)c1.O=C(O)c1sccc1SCc1cccc(C(F)(F)F)c1.O=C1CC[C@H](C(=O)O)O1. The number of thiophene rings is 1. The normalized spacial score (nSPS) is 14.0. The monoisotopic (exact) mass is 631 g/mol. The van der Waals surface area contributed by atoms with Gasteiger partial charge in [0.1, 0.15) is 4.88 Å². The van der Waals surface area contributed by atoms with Gasteiger partial charge in [-0.1, -0.05) is 18.2 Å². The first-order valence-electron chi connectivity index (χ1n) is 11.3. The topological polar surface area (TPSA) is 202 Å². The Hall–Kier alpha value is -4.64. The van der Waals surface area contributed by atoms with Crippen molar-refractivity contribution in [3.05, 3.63) is 85.6 Å². The maximum Gasteiger partial charge on any atom is 0.416 e. The Bertz CT molecular complexity index is 1470. The Balaban J connectivity index is 0.000000240. The highest BCUT2D eigenvalue weighted by Gasteiger charge is 2.30. The molecule has 1 aliphatic heterocycles. The summed E-state index contributed by atoms with van der Waals surface area (Å²) in [7, 11) is 0. The minimum atomic E-state index is -4.37. The second-order valence-corrected chi connectivity index (χ2v) is 9.96. The Morgan fingerprint density at radius 1 is 1.07 bits per heavy atom. The summed E-state index contributed by atoms with van der Waals surface area (Å²) in [6, 6.07) is 9.53. The minimum absolute atomic E-state index is 0.192. The molecule has 0 radical (unpaired) electrons. The molecule has 1 aliphatic rings. The van der Waals surface area contributed by atoms with Crippen molar-refractivity contribution < 1.29 is 62.4 Å². The number of aromatic hydroxyl groups is 1. The number of aromatic carboxylic acids is 2. The highest BCUT2D eigenvalue weighted by molar-refractivity contribution is 7.98. The van der Waals surface area contributed by atoms with Gasteiger partial charge >= 0.3 is 35.7 Å². The standard InChI is InChI=1S/C13H9F3O2S2.C7H5NO5.C5H6O4/c14-13(15,16)9-3-1-2-8(6-9)7-20-10-4-5-19-11(10)12(17)18;9-6-3-4(7(10)11)1-2-5(6)8(12)13;6-4-2-1-3(9-4)5(7)8/h1-6H,7H2,(H,17,18);1-3,9H,(H,10,11);3H,1-2H2,(H,7,8)/t;;3-/m..1/s1. The highest BCUT2D eigenvalue weighted by Crippen LogP contribution is 2.33. The summed E-state index contributed by atoms with van der Waals surface area (Å²) in [5, 5.41) is 46.5. The Kier molecular flexibility index (Phi) is 11.9. The molecule has 224 valence electrons. The van der Waals surface area contributed by atoms with E-state index in [1.807, 2.05) is 0 Å². The van der Waals surface area contributed by atoms with Gasteiger partial charge in [0.15, 0.2) is 11.9 Å². The van der Waals surface area contributed by atoms with Gasteiger partial charge in [-0.25, -0.2) is 14.4 Å². The number of rotatable bonds is 7. The lowest BCUT2D eigenvalue weighted by Crippen LogP contribution is -2.18. The summed E-state index contributed by atoms with van der Waals surface area (Å²) in [6.45, 7) is 0. The average molecular weight is 632 g/mol. The Morgan fingerprint density at radius 2 is 1.76 bits per heavy atom. The summed E-state index contributed by atoms with van der Waals surface area (Å²) in [4.78, 5) is 51.8. The largest absolute Gasteiger partial charge is 0.502 e. The number of hydrogen-bond acceptors (Lipinski definition) is 10. The minimum Gasteiger partial charge on any atom is -0.502 e. The van der Waals surface area contributed by atoms with Gasteiger partial charge in [-0.2, -0.15) is 13.2 Å². The number of cyclic esters (lactones) is 1. The van der Waals surface area contributed by atoms with Crippen molar-refractivity contribution in [2.75, 3.05) is 0 Å². The third kappa shape index (κ3) is 10.1. The fraction of sp³-hybridized carbons (Fsp3) is 0.200. The van der Waals surface area contributed by atoms with E-state index in [0.29, 0.717) is 22.6 Å². The number of ether oxygens (including phenoxy) is 1. The lowest BCUT2D eigenvalue weighted by molar-refractivity contribution is -0.385. The predicted molar refractivity (Wildman–Crippen MR) is 141 cm³/mol. The maximum atomic E-state index is 12.6. The number of carbonyl (C=O) groups excluding carboxylic acids is 1. The summed E-state index contributed by atoms with van der Waals surface area (Å²) in [6.07, 6.45) is -4.71. The Morgan fingerprint density at radius 3 is 2.24 bits per heavy atom. The molecule has 1 saturated heterocycles. The molecule has 0 unspecified atom stereocenters. The molecule has 0 spiro atoms. The van der Waals surface area contributed by atoms with Crippen molar-refractivity contribution in [2.24, 2.45) is 0 Å². The number of alkyl halides is 3. The number of carbonyl (C=O) groups is 4. The number of esters is 1. The molecule has 1 atom stereocenters. The van der Waals surface area contributed by atoms with Crippen molar-refractivity contribution in [3.8, 4) is 5.75 Å². The number of phenols is 1. The molecule has 42 heavy (non-hydrogen) atoms. The van der Waals surface area contributed by atoms with Crippen LogP contribution in [0.2, 0.25) is 0 Å². The number of nitro groups is 1. The van der Waals surface area contributed by atoms with E-state index in [2.05, 4.69) is 4.74 Å². The van der Waals surface area contributed by atoms with E-state index in [1.165, 1.54) is 17.8 Å². The average Bonchev–Trinajstić information content (AvgIpc) is 3.57. The number of nitro benzene ring substituents is 1. The molecule has 1 fully saturated rings. The van der Waals surface area contributed by atoms with Crippen LogP contribution in [0.25, 0.3) is 0 Å². The zero-order valence-corrected chi connectivity index (χ0v) is 22.6. The molecule has 0 amide bonds. The number of halogens is 3. The van der Waals surface area contributed by atoms with Gasteiger partial charge in [0.2, 0.25) is 0 Å². The van der Waals surface area contributed by atoms with Crippen molar-refractivity contribution in [1.29, 1.82) is 0 Å². The number of carboxylic acids is 3. The number of phenolic OH excluding ortho intramolecular Hbond substituents is 1. The van der Waals surface area contributed by atoms with E-state index in [4.69, 9.17) is 20.4 Å². The van der Waals surface area contributed by atoms with Crippen LogP contribution in [0, 0.1) is 10.1 Å². The fourth-order valence-electron chi connectivity index (χ4n) is 3.08. The van der Waals surface area contributed by atoms with Gasteiger partial charge in [-0.3, -0.25) is 14.9 Å². The van der Waals surface area contributed by atoms with E-state index in [-0.39, 0.29) is 16.9 Å². The van der Waals surface area contributed by atoms with Crippen LogP contribution in [0.5, 0.6) is 5.75 Å². The number of benzene rings is 2. The molecule has 0 aliphatic carbocycles. The number of thioether (sulfide) groups is 1. The molecule has 1 aromatic heterocycles. The summed E-state index contributed by atoms with van der Waals surface area (Å²) >= 11 is 2.32. The van der Waals surface area contributed by atoms with E-state index < -0.39 is 58.1 Å². The van der Waals surface area contributed by atoms with Gasteiger partial charge in [-0.15, -0.1) is 23.1 Å². The van der Waals surface area contributed by atoms with Crippen molar-refractivity contribution in [3.63, 3.8) is 0 Å². The first-order chi connectivity index (χ1) is 19.6. The first-order valence-corrected chi connectivity index (χ1v) is 13.2. The van der Waals surface area contributed by atoms with Crippen LogP contribution in [-0.4, -0.2) is 55.3 Å². The third-order valence-corrected chi connectivity index (χ3v) is 7.21. The third-order valence-electron chi connectivity index (χ3n) is 5.05. The van der Waals surface area contributed by atoms with Crippen LogP contribution in [-0.2, 0) is 26.3 Å². The second kappa shape index (κ2) is 14.8. The summed E-state index contributed by atoms with van der Waals surface area (Å²) in [5.74, 6) is -4.09. The van der Waals surface area contributed by atoms with Crippen molar-refractivity contribution >= 4 is 52.7 Å². The molecular formula is C25H20F3NO11S2. The van der Waals surface area contributed by atoms with Gasteiger partial charge < -0.3 is 25.2 Å². The predicted octanol–water partition coefficient (Wildman–Crippen LogP) is 5.53. The molecule has 2 heterocycles. The van der Waals surface area contributed by atoms with Crippen LogP contribution in [0.4, 0.5) is 18.9 Å². The molecule has 0 bridgehead atoms. The second-order valence-electron chi connectivity index (χ2n) is 8.03. The van der Waals surface area contributed by atoms with Gasteiger partial charge in [0, 0.05) is 35.6 Å². The van der Waals surface area contributed by atoms with Crippen molar-refractivity contribution in [1.82, 2.24) is 0 Å². The smallest absolute Gasteiger partial charge is 0.416 e. The fourth-order valence-corrected chi connectivity index (χ4v) is 4.99. The van der Waals surface area contributed by atoms with Crippen molar-refractivity contribution in [2.45, 2.75) is 35.8 Å². The lowest BCUT2D eigenvalue weighted by atomic mass is 10.1. The quantitative estimate of drug-likeness (QED) is 0.110. The lowest BCUT2D eigenvalue weighted by Gasteiger charge is -2.08. The van der Waals surface area contributed by atoms with Crippen LogP contribution in [0.3, 0.4) is 0 Å². The molecule has 3 aromatic rings.